The molecule has 0 heterocycles. The Kier molecular flexibility index (Phi) is 5.87. The van der Waals surface area contributed by atoms with Crippen LogP contribution in [0.25, 0.3) is 10.8 Å². The van der Waals surface area contributed by atoms with E-state index in [2.05, 4.69) is 5.32 Å². The SMILES string of the molecule is NC(=O)[C@@H](Cc1cccc2ccccc12)NC(=O)Cc1cccc(C(F)(F)F)c1. The van der Waals surface area contributed by atoms with Crippen LogP contribution in [0.5, 0.6) is 0 Å². The number of hydrogen-bond acceptors (Lipinski definition) is 2. The Morgan fingerprint density at radius 1 is 0.966 bits per heavy atom. The highest BCUT2D eigenvalue weighted by Crippen LogP contribution is 2.29. The average Bonchev–Trinajstić information content (AvgIpc) is 2.67. The highest BCUT2D eigenvalue weighted by atomic mass is 19.4. The highest BCUT2D eigenvalue weighted by molar-refractivity contribution is 5.90. The van der Waals surface area contributed by atoms with Crippen molar-refractivity contribution in [1.29, 1.82) is 0 Å². The fraction of sp³-hybridized carbons (Fsp3) is 0.182. The zero-order valence-electron chi connectivity index (χ0n) is 15.4. The quantitative estimate of drug-likeness (QED) is 0.664. The molecule has 0 fully saturated rings. The summed E-state index contributed by atoms with van der Waals surface area (Å²) in [6, 6.07) is 16.8. The molecule has 29 heavy (non-hydrogen) atoms. The fourth-order valence-electron chi connectivity index (χ4n) is 3.20. The molecule has 3 aromatic rings. The molecule has 0 aromatic heterocycles. The van der Waals surface area contributed by atoms with Gasteiger partial charge in [-0.15, -0.1) is 0 Å². The maximum atomic E-state index is 12.8. The summed E-state index contributed by atoms with van der Waals surface area (Å²) in [7, 11) is 0. The molecular formula is C22H19F3N2O2. The highest BCUT2D eigenvalue weighted by Gasteiger charge is 2.30. The van der Waals surface area contributed by atoms with Crippen LogP contribution in [-0.2, 0) is 28.6 Å². The largest absolute Gasteiger partial charge is 0.416 e. The maximum Gasteiger partial charge on any atom is 0.416 e. The minimum atomic E-state index is -4.49. The lowest BCUT2D eigenvalue weighted by atomic mass is 9.98. The Bertz CT molecular complexity index is 1040. The number of hydrogen-bond donors (Lipinski definition) is 2. The van der Waals surface area contributed by atoms with Crippen molar-refractivity contribution < 1.29 is 22.8 Å². The number of nitrogens with one attached hydrogen (secondary N) is 1. The molecular weight excluding hydrogens is 381 g/mol. The van der Waals surface area contributed by atoms with Gasteiger partial charge >= 0.3 is 6.18 Å². The molecule has 3 rings (SSSR count). The molecule has 0 unspecified atom stereocenters. The number of nitrogens with two attached hydrogens (primary N) is 1. The van der Waals surface area contributed by atoms with Crippen LogP contribution < -0.4 is 11.1 Å². The van der Waals surface area contributed by atoms with E-state index in [0.29, 0.717) is 0 Å². The topological polar surface area (TPSA) is 72.2 Å². The van der Waals surface area contributed by atoms with E-state index in [1.54, 1.807) is 0 Å². The van der Waals surface area contributed by atoms with Crippen LogP contribution in [0.15, 0.2) is 66.7 Å². The smallest absolute Gasteiger partial charge is 0.368 e. The van der Waals surface area contributed by atoms with Crippen LogP contribution in [-0.4, -0.2) is 17.9 Å². The number of benzene rings is 3. The lowest BCUT2D eigenvalue weighted by Gasteiger charge is -2.17. The van der Waals surface area contributed by atoms with E-state index in [9.17, 15) is 22.8 Å². The van der Waals surface area contributed by atoms with Crippen LogP contribution in [0.1, 0.15) is 16.7 Å². The summed E-state index contributed by atoms with van der Waals surface area (Å²) in [5, 5.41) is 4.47. The number of halogens is 3. The first-order chi connectivity index (χ1) is 13.7. The third-order valence-electron chi connectivity index (χ3n) is 4.60. The Morgan fingerprint density at radius 3 is 2.38 bits per heavy atom. The molecule has 2 amide bonds. The Labute approximate surface area is 165 Å². The summed E-state index contributed by atoms with van der Waals surface area (Å²) in [4.78, 5) is 24.2. The zero-order valence-corrected chi connectivity index (χ0v) is 15.4. The van der Waals surface area contributed by atoms with E-state index in [0.717, 1.165) is 28.5 Å². The fourth-order valence-corrected chi connectivity index (χ4v) is 3.20. The van der Waals surface area contributed by atoms with Gasteiger partial charge in [0.1, 0.15) is 6.04 Å². The van der Waals surface area contributed by atoms with Crippen molar-refractivity contribution in [2.24, 2.45) is 5.73 Å². The van der Waals surface area contributed by atoms with Gasteiger partial charge in [-0.3, -0.25) is 9.59 Å². The van der Waals surface area contributed by atoms with E-state index in [1.807, 2.05) is 42.5 Å². The molecule has 0 aliphatic heterocycles. The van der Waals surface area contributed by atoms with Crippen LogP contribution in [0.4, 0.5) is 13.2 Å². The van der Waals surface area contributed by atoms with E-state index in [1.165, 1.54) is 12.1 Å². The molecule has 3 N–H and O–H groups in total. The van der Waals surface area contributed by atoms with Gasteiger partial charge in [-0.25, -0.2) is 0 Å². The van der Waals surface area contributed by atoms with E-state index >= 15 is 0 Å². The predicted octanol–water partition coefficient (Wildman–Crippen LogP) is 3.61. The van der Waals surface area contributed by atoms with E-state index in [4.69, 9.17) is 5.73 Å². The average molecular weight is 400 g/mol. The van der Waals surface area contributed by atoms with Gasteiger partial charge in [0.2, 0.25) is 11.8 Å². The van der Waals surface area contributed by atoms with Gasteiger partial charge < -0.3 is 11.1 Å². The van der Waals surface area contributed by atoms with Crippen LogP contribution in [0.3, 0.4) is 0 Å². The first-order valence-electron chi connectivity index (χ1n) is 8.95. The van der Waals surface area contributed by atoms with Crippen LogP contribution in [0.2, 0.25) is 0 Å². The number of amides is 2. The second kappa shape index (κ2) is 8.34. The molecule has 3 aromatic carbocycles. The summed E-state index contributed by atoms with van der Waals surface area (Å²) in [5.41, 5.74) is 5.66. The predicted molar refractivity (Wildman–Crippen MR) is 104 cm³/mol. The number of alkyl halides is 3. The molecule has 1 atom stereocenters. The van der Waals surface area contributed by atoms with Crippen LogP contribution >= 0.6 is 0 Å². The van der Waals surface area contributed by atoms with Crippen molar-refractivity contribution in [2.45, 2.75) is 25.1 Å². The third-order valence-corrected chi connectivity index (χ3v) is 4.60. The maximum absolute atomic E-state index is 12.8. The summed E-state index contributed by atoms with van der Waals surface area (Å²) >= 11 is 0. The van der Waals surface area contributed by atoms with Crippen molar-refractivity contribution in [2.75, 3.05) is 0 Å². The van der Waals surface area contributed by atoms with Crippen molar-refractivity contribution in [3.63, 3.8) is 0 Å². The standard InChI is InChI=1S/C22H19F3N2O2/c23-22(24,25)17-9-3-5-14(11-17)12-20(28)27-19(21(26)29)13-16-8-4-7-15-6-1-2-10-18(15)16/h1-11,19H,12-13H2,(H2,26,29)(H,27,28)/t19-/m1/s1. The molecule has 0 aliphatic rings. The van der Waals surface area contributed by atoms with E-state index in [-0.39, 0.29) is 18.4 Å². The number of carbonyl (C=O) groups is 2. The van der Waals surface area contributed by atoms with Gasteiger partial charge in [0, 0.05) is 6.42 Å². The summed E-state index contributed by atoms with van der Waals surface area (Å²) < 4.78 is 38.5. The Hall–Kier alpha value is -3.35. The van der Waals surface area contributed by atoms with Crippen molar-refractivity contribution in [1.82, 2.24) is 5.32 Å². The minimum Gasteiger partial charge on any atom is -0.368 e. The molecule has 4 nitrogen and oxygen atoms in total. The Morgan fingerprint density at radius 2 is 1.66 bits per heavy atom. The first-order valence-corrected chi connectivity index (χ1v) is 8.95. The van der Waals surface area contributed by atoms with Crippen LogP contribution in [0, 0.1) is 0 Å². The van der Waals surface area contributed by atoms with Gasteiger partial charge in [-0.2, -0.15) is 13.2 Å². The second-order valence-corrected chi connectivity index (χ2v) is 6.74. The summed E-state index contributed by atoms with van der Waals surface area (Å²) in [6.45, 7) is 0. The molecule has 0 bridgehead atoms. The minimum absolute atomic E-state index is 0.186. The summed E-state index contributed by atoms with van der Waals surface area (Å²) in [5.74, 6) is -1.29. The van der Waals surface area contributed by atoms with Crippen molar-refractivity contribution in [3.05, 3.63) is 83.4 Å². The number of fused-ring (bicyclic) bond motifs is 1. The van der Waals surface area contributed by atoms with Gasteiger partial charge in [-0.05, 0) is 28.0 Å². The van der Waals surface area contributed by atoms with Gasteiger partial charge in [0.25, 0.3) is 0 Å². The van der Waals surface area contributed by atoms with Gasteiger partial charge in [0.15, 0.2) is 0 Å². The molecule has 7 heteroatoms. The number of primary amides is 1. The zero-order chi connectivity index (χ0) is 21.0. The number of carbonyl (C=O) groups excluding carboxylic acids is 2. The first kappa shape index (κ1) is 20.4. The van der Waals surface area contributed by atoms with Gasteiger partial charge in [0.05, 0.1) is 12.0 Å². The molecule has 150 valence electrons. The van der Waals surface area contributed by atoms with E-state index < -0.39 is 29.6 Å². The Balaban J connectivity index is 1.74. The normalized spacial score (nSPS) is 12.5. The monoisotopic (exact) mass is 400 g/mol. The molecule has 0 aliphatic carbocycles. The second-order valence-electron chi connectivity index (χ2n) is 6.74. The molecule has 0 radical (unpaired) electrons. The number of rotatable bonds is 6. The lowest BCUT2D eigenvalue weighted by molar-refractivity contribution is -0.137. The van der Waals surface area contributed by atoms with Crippen molar-refractivity contribution in [3.8, 4) is 0 Å². The summed E-state index contributed by atoms with van der Waals surface area (Å²) in [6.07, 6.45) is -4.59. The molecule has 0 spiro atoms. The molecule has 0 saturated carbocycles. The van der Waals surface area contributed by atoms with Gasteiger partial charge in [-0.1, -0.05) is 60.7 Å². The third kappa shape index (κ3) is 5.13. The van der Waals surface area contributed by atoms with Crippen molar-refractivity contribution >= 4 is 22.6 Å². The molecule has 0 saturated heterocycles. The lowest BCUT2D eigenvalue weighted by Crippen LogP contribution is -2.46.